The maximum absolute atomic E-state index is 4.82. The number of unbranched alkanes of at least 4 members (excludes halogenated alkanes) is 1. The van der Waals surface area contributed by atoms with Crippen molar-refractivity contribution in [3.8, 4) is 0 Å². The fourth-order valence-corrected chi connectivity index (χ4v) is 3.76. The van der Waals surface area contributed by atoms with Crippen LogP contribution < -0.4 is 5.32 Å². The van der Waals surface area contributed by atoms with Crippen molar-refractivity contribution in [1.29, 1.82) is 0 Å². The number of aryl methyl sites for hydroxylation is 1. The zero-order valence-corrected chi connectivity index (χ0v) is 19.6. The Morgan fingerprint density at radius 2 is 1.83 bits per heavy atom. The quantitative estimate of drug-likeness (QED) is 0.397. The fourth-order valence-electron chi connectivity index (χ4n) is 3.76. The van der Waals surface area contributed by atoms with Crippen LogP contribution in [0.2, 0.25) is 0 Å². The summed E-state index contributed by atoms with van der Waals surface area (Å²) in [7, 11) is 0. The summed E-state index contributed by atoms with van der Waals surface area (Å²) >= 11 is 0. The normalized spacial score (nSPS) is 13.7. The van der Waals surface area contributed by atoms with E-state index in [9.17, 15) is 0 Å². The van der Waals surface area contributed by atoms with Gasteiger partial charge in [-0.2, -0.15) is 0 Å². The molecule has 2 aromatic rings. The van der Waals surface area contributed by atoms with Gasteiger partial charge in [0, 0.05) is 17.6 Å². The number of nitrogens with one attached hydrogen (secondary N) is 1. The van der Waals surface area contributed by atoms with Crippen molar-refractivity contribution in [2.24, 2.45) is 4.99 Å². The summed E-state index contributed by atoms with van der Waals surface area (Å²) in [4.78, 5) is 4.82. The highest BCUT2D eigenvalue weighted by Gasteiger charge is 2.21. The molecule has 2 heteroatoms. The molecule has 0 heterocycles. The van der Waals surface area contributed by atoms with Crippen LogP contribution in [0.4, 0.5) is 5.69 Å². The molecule has 2 rings (SSSR count). The van der Waals surface area contributed by atoms with Crippen LogP contribution in [0.1, 0.15) is 81.5 Å². The van der Waals surface area contributed by atoms with E-state index in [1.54, 1.807) is 0 Å². The van der Waals surface area contributed by atoms with Gasteiger partial charge in [-0.25, -0.2) is 0 Å². The molecule has 1 unspecified atom stereocenters. The molecule has 1 atom stereocenters. The number of hydrogen-bond donors (Lipinski definition) is 1. The summed E-state index contributed by atoms with van der Waals surface area (Å²) in [6.45, 7) is 13.0. The van der Waals surface area contributed by atoms with E-state index in [0.29, 0.717) is 0 Å². The molecule has 2 aromatic carbocycles. The van der Waals surface area contributed by atoms with Gasteiger partial charge in [0.05, 0.1) is 5.92 Å². The number of nitrogens with zero attached hydrogens (tertiary/aromatic N) is 1. The summed E-state index contributed by atoms with van der Waals surface area (Å²) in [5.74, 6) is 0.120. The Labute approximate surface area is 183 Å². The fraction of sp³-hybridized carbons (Fsp3) is 0.393. The first-order valence-electron chi connectivity index (χ1n) is 11.3. The number of benzene rings is 2. The summed E-state index contributed by atoms with van der Waals surface area (Å²) in [6, 6.07) is 15.4. The summed E-state index contributed by atoms with van der Waals surface area (Å²) in [5, 5.41) is 3.50. The van der Waals surface area contributed by atoms with Gasteiger partial charge in [-0.05, 0) is 81.1 Å². The first-order valence-corrected chi connectivity index (χ1v) is 11.3. The van der Waals surface area contributed by atoms with Gasteiger partial charge in [-0.3, -0.25) is 4.99 Å². The summed E-state index contributed by atoms with van der Waals surface area (Å²) in [6.07, 6.45) is 10.8. The van der Waals surface area contributed by atoms with E-state index in [0.717, 1.165) is 30.6 Å². The van der Waals surface area contributed by atoms with Crippen LogP contribution >= 0.6 is 0 Å². The molecule has 1 N–H and O–H groups in total. The second-order valence-electron chi connectivity index (χ2n) is 8.04. The monoisotopic (exact) mass is 402 g/mol. The van der Waals surface area contributed by atoms with Crippen molar-refractivity contribution in [1.82, 2.24) is 0 Å². The topological polar surface area (TPSA) is 24.4 Å². The minimum atomic E-state index is 0.120. The van der Waals surface area contributed by atoms with E-state index < -0.39 is 0 Å². The van der Waals surface area contributed by atoms with Crippen LogP contribution in [0.5, 0.6) is 0 Å². The number of anilines is 1. The number of allylic oxidation sites excluding steroid dienone is 3. The highest BCUT2D eigenvalue weighted by Crippen LogP contribution is 2.36. The average molecular weight is 403 g/mol. The zero-order chi connectivity index (χ0) is 21.9. The molecule has 0 fully saturated rings. The highest BCUT2D eigenvalue weighted by molar-refractivity contribution is 5.59. The number of rotatable bonds is 10. The molecule has 0 aliphatic carbocycles. The van der Waals surface area contributed by atoms with Crippen LogP contribution in [0.25, 0.3) is 0 Å². The van der Waals surface area contributed by atoms with Gasteiger partial charge in [0.15, 0.2) is 0 Å². The third kappa shape index (κ3) is 6.45. The summed E-state index contributed by atoms with van der Waals surface area (Å²) in [5.41, 5.74) is 8.87. The maximum Gasteiger partial charge on any atom is 0.0513 e. The Hall–Kier alpha value is -2.61. The predicted molar refractivity (Wildman–Crippen MR) is 134 cm³/mol. The minimum Gasteiger partial charge on any atom is -0.362 e. The smallest absolute Gasteiger partial charge is 0.0513 e. The maximum atomic E-state index is 4.82. The Morgan fingerprint density at radius 3 is 2.53 bits per heavy atom. The third-order valence-electron chi connectivity index (χ3n) is 5.52. The molecule has 0 spiro atoms. The standard InChI is InChI=1S/C28H38N2/c1-7-10-18-27(29-9-3)28(26-17-11-14-22(5)23(26)6)24-15-12-16-25(19-24)30-20-21(4)13-8-2/h9,11-12,14-20,28,30H,7-8,10,13H2,1-6H3/b21-20-,27-18-,29-9?. The second kappa shape index (κ2) is 12.2. The van der Waals surface area contributed by atoms with E-state index >= 15 is 0 Å². The molecular weight excluding hydrogens is 364 g/mol. The lowest BCUT2D eigenvalue weighted by molar-refractivity contribution is 0.876. The number of hydrogen-bond acceptors (Lipinski definition) is 2. The first kappa shape index (κ1) is 23.7. The van der Waals surface area contributed by atoms with E-state index in [1.807, 2.05) is 13.1 Å². The first-order chi connectivity index (χ1) is 14.5. The molecule has 2 nitrogen and oxygen atoms in total. The minimum absolute atomic E-state index is 0.120. The van der Waals surface area contributed by atoms with E-state index in [-0.39, 0.29) is 5.92 Å². The Bertz CT molecular complexity index is 903. The Kier molecular flexibility index (Phi) is 9.60. The van der Waals surface area contributed by atoms with Crippen LogP contribution in [0, 0.1) is 13.8 Å². The van der Waals surface area contributed by atoms with Crippen molar-refractivity contribution in [3.63, 3.8) is 0 Å². The van der Waals surface area contributed by atoms with Crippen molar-refractivity contribution < 1.29 is 0 Å². The lowest BCUT2D eigenvalue weighted by atomic mass is 9.84. The number of aliphatic imine (C=N–C) groups is 1. The second-order valence-corrected chi connectivity index (χ2v) is 8.04. The van der Waals surface area contributed by atoms with Crippen LogP contribution in [0.15, 0.2) is 71.0 Å². The Morgan fingerprint density at radius 1 is 1.07 bits per heavy atom. The van der Waals surface area contributed by atoms with Gasteiger partial charge in [0.25, 0.3) is 0 Å². The SMILES string of the molecule is CC=N/C(=C\CCC)C(c1cccc(N/C=C(/C)CCC)c1)c1cccc(C)c1C. The van der Waals surface area contributed by atoms with Crippen molar-refractivity contribution >= 4 is 11.9 Å². The highest BCUT2D eigenvalue weighted by atomic mass is 14.8. The molecule has 30 heavy (non-hydrogen) atoms. The van der Waals surface area contributed by atoms with Crippen LogP contribution in [-0.4, -0.2) is 6.21 Å². The van der Waals surface area contributed by atoms with Gasteiger partial charge in [-0.15, -0.1) is 0 Å². The predicted octanol–water partition coefficient (Wildman–Crippen LogP) is 8.33. The third-order valence-corrected chi connectivity index (χ3v) is 5.52. The van der Waals surface area contributed by atoms with E-state index in [4.69, 9.17) is 4.99 Å². The Balaban J connectivity index is 2.56. The van der Waals surface area contributed by atoms with E-state index in [2.05, 4.69) is 94.7 Å². The van der Waals surface area contributed by atoms with Crippen LogP contribution in [0.3, 0.4) is 0 Å². The molecule has 160 valence electrons. The van der Waals surface area contributed by atoms with Crippen molar-refractivity contribution in [2.75, 3.05) is 5.32 Å². The van der Waals surface area contributed by atoms with Gasteiger partial charge >= 0.3 is 0 Å². The largest absolute Gasteiger partial charge is 0.362 e. The van der Waals surface area contributed by atoms with Crippen LogP contribution in [-0.2, 0) is 0 Å². The van der Waals surface area contributed by atoms with Gasteiger partial charge in [0.1, 0.15) is 0 Å². The molecule has 0 aliphatic heterocycles. The summed E-state index contributed by atoms with van der Waals surface area (Å²) < 4.78 is 0. The van der Waals surface area contributed by atoms with Gasteiger partial charge < -0.3 is 5.32 Å². The lowest BCUT2D eigenvalue weighted by Gasteiger charge is -2.23. The van der Waals surface area contributed by atoms with Crippen molar-refractivity contribution in [3.05, 3.63) is 88.3 Å². The van der Waals surface area contributed by atoms with Gasteiger partial charge in [0.2, 0.25) is 0 Å². The zero-order valence-electron chi connectivity index (χ0n) is 19.6. The molecule has 0 saturated heterocycles. The molecule has 0 aliphatic rings. The van der Waals surface area contributed by atoms with Gasteiger partial charge in [-0.1, -0.05) is 68.7 Å². The molecule has 0 saturated carbocycles. The lowest BCUT2D eigenvalue weighted by Crippen LogP contribution is -2.07. The van der Waals surface area contributed by atoms with E-state index in [1.165, 1.54) is 34.2 Å². The average Bonchev–Trinajstić information content (AvgIpc) is 2.74. The molecule has 0 bridgehead atoms. The molecular formula is C28H38N2. The van der Waals surface area contributed by atoms with Crippen molar-refractivity contribution in [2.45, 2.75) is 73.1 Å². The molecule has 0 amide bonds. The molecule has 0 radical (unpaired) electrons. The molecule has 0 aromatic heterocycles.